The molecule has 0 spiro atoms. The highest BCUT2D eigenvalue weighted by Crippen LogP contribution is 2.10. The van der Waals surface area contributed by atoms with Gasteiger partial charge in [-0.15, -0.1) is 0 Å². The number of rotatable bonds is 5. The van der Waals surface area contributed by atoms with Gasteiger partial charge in [0.1, 0.15) is 5.65 Å². The summed E-state index contributed by atoms with van der Waals surface area (Å²) in [5.41, 5.74) is 4.69. The van der Waals surface area contributed by atoms with Crippen LogP contribution in [0.2, 0.25) is 0 Å². The van der Waals surface area contributed by atoms with Crippen LogP contribution in [0.4, 0.5) is 0 Å². The molecule has 104 valence electrons. The molecule has 3 heterocycles. The quantitative estimate of drug-likeness (QED) is 0.773. The molecule has 0 radical (unpaired) electrons. The van der Waals surface area contributed by atoms with E-state index in [4.69, 9.17) is 0 Å². The summed E-state index contributed by atoms with van der Waals surface area (Å²) in [6.45, 7) is 3.77. The molecular weight excluding hydrogens is 248 g/mol. The number of fused-ring (bicyclic) bond motifs is 1. The molecule has 4 heteroatoms. The molecule has 0 atom stereocenters. The Balaban J connectivity index is 0.00000161. The SMILES string of the molecule is CCc1ccc2ncc(CNCc3cccnc3)n2c1.[HH]. The van der Waals surface area contributed by atoms with Crippen molar-refractivity contribution in [2.45, 2.75) is 26.4 Å². The molecule has 0 fully saturated rings. The Morgan fingerprint density at radius 3 is 2.90 bits per heavy atom. The summed E-state index contributed by atoms with van der Waals surface area (Å²) < 4.78 is 2.16. The first-order valence-electron chi connectivity index (χ1n) is 6.91. The topological polar surface area (TPSA) is 42.2 Å². The van der Waals surface area contributed by atoms with Crippen molar-refractivity contribution in [3.8, 4) is 0 Å². The average Bonchev–Trinajstić information content (AvgIpc) is 2.91. The van der Waals surface area contributed by atoms with Crippen molar-refractivity contribution in [3.05, 3.63) is 65.9 Å². The molecule has 0 unspecified atom stereocenters. The second kappa shape index (κ2) is 5.84. The van der Waals surface area contributed by atoms with E-state index >= 15 is 0 Å². The van der Waals surface area contributed by atoms with Crippen molar-refractivity contribution in [1.29, 1.82) is 0 Å². The molecule has 4 nitrogen and oxygen atoms in total. The van der Waals surface area contributed by atoms with Gasteiger partial charge in [0.25, 0.3) is 0 Å². The van der Waals surface area contributed by atoms with Crippen molar-refractivity contribution >= 4 is 5.65 Å². The van der Waals surface area contributed by atoms with E-state index < -0.39 is 0 Å². The Hall–Kier alpha value is -2.20. The molecule has 3 rings (SSSR count). The van der Waals surface area contributed by atoms with E-state index in [1.54, 1.807) is 6.20 Å². The van der Waals surface area contributed by atoms with Crippen LogP contribution in [0.5, 0.6) is 0 Å². The first kappa shape index (κ1) is 12.8. The van der Waals surface area contributed by atoms with Crippen LogP contribution in [0.25, 0.3) is 5.65 Å². The average molecular weight is 268 g/mol. The van der Waals surface area contributed by atoms with Crippen LogP contribution in [-0.2, 0) is 19.5 Å². The molecule has 0 aliphatic rings. The van der Waals surface area contributed by atoms with Gasteiger partial charge in [-0.25, -0.2) is 4.98 Å². The second-order valence-corrected chi connectivity index (χ2v) is 4.83. The summed E-state index contributed by atoms with van der Waals surface area (Å²) in [4.78, 5) is 8.55. The van der Waals surface area contributed by atoms with Gasteiger partial charge in [0.2, 0.25) is 0 Å². The van der Waals surface area contributed by atoms with Gasteiger partial charge in [0.15, 0.2) is 0 Å². The van der Waals surface area contributed by atoms with Crippen LogP contribution < -0.4 is 5.32 Å². The minimum absolute atomic E-state index is 0. The van der Waals surface area contributed by atoms with E-state index in [0.717, 1.165) is 25.2 Å². The van der Waals surface area contributed by atoms with E-state index in [1.165, 1.54) is 16.8 Å². The zero-order valence-corrected chi connectivity index (χ0v) is 11.6. The van der Waals surface area contributed by atoms with E-state index in [9.17, 15) is 0 Å². The second-order valence-electron chi connectivity index (χ2n) is 4.83. The highest BCUT2D eigenvalue weighted by molar-refractivity contribution is 5.41. The van der Waals surface area contributed by atoms with Crippen molar-refractivity contribution in [2.75, 3.05) is 0 Å². The Morgan fingerprint density at radius 1 is 1.15 bits per heavy atom. The summed E-state index contributed by atoms with van der Waals surface area (Å²) in [6, 6.07) is 8.24. The molecule has 0 bridgehead atoms. The third kappa shape index (κ3) is 2.70. The van der Waals surface area contributed by atoms with Crippen molar-refractivity contribution < 1.29 is 1.43 Å². The predicted octanol–water partition coefficient (Wildman–Crippen LogP) is 2.83. The van der Waals surface area contributed by atoms with Crippen molar-refractivity contribution in [1.82, 2.24) is 19.7 Å². The maximum Gasteiger partial charge on any atom is 0.136 e. The first-order valence-corrected chi connectivity index (χ1v) is 6.91. The minimum Gasteiger partial charge on any atom is -0.307 e. The van der Waals surface area contributed by atoms with Crippen molar-refractivity contribution in [3.63, 3.8) is 0 Å². The molecule has 1 N–H and O–H groups in total. The highest BCUT2D eigenvalue weighted by Gasteiger charge is 2.03. The fourth-order valence-corrected chi connectivity index (χ4v) is 2.25. The highest BCUT2D eigenvalue weighted by atomic mass is 15.0. The van der Waals surface area contributed by atoms with E-state index in [1.807, 2.05) is 18.5 Å². The van der Waals surface area contributed by atoms with Crippen LogP contribution in [-0.4, -0.2) is 14.4 Å². The van der Waals surface area contributed by atoms with Gasteiger partial charge < -0.3 is 9.72 Å². The predicted molar refractivity (Wildman–Crippen MR) is 81.5 cm³/mol. The van der Waals surface area contributed by atoms with Crippen LogP contribution >= 0.6 is 0 Å². The largest absolute Gasteiger partial charge is 0.307 e. The molecule has 3 aromatic rings. The van der Waals surface area contributed by atoms with Crippen LogP contribution in [0, 0.1) is 0 Å². The molecular formula is C16H20N4. The third-order valence-electron chi connectivity index (χ3n) is 3.41. The zero-order chi connectivity index (χ0) is 13.8. The number of nitrogens with zero attached hydrogens (tertiary/aromatic N) is 3. The van der Waals surface area contributed by atoms with Crippen LogP contribution in [0.3, 0.4) is 0 Å². The number of nitrogens with one attached hydrogen (secondary N) is 1. The van der Waals surface area contributed by atoms with Gasteiger partial charge in [-0.05, 0) is 29.7 Å². The van der Waals surface area contributed by atoms with Crippen LogP contribution in [0.15, 0.2) is 49.1 Å². The summed E-state index contributed by atoms with van der Waals surface area (Å²) >= 11 is 0. The molecule has 0 aliphatic carbocycles. The maximum absolute atomic E-state index is 4.43. The van der Waals surface area contributed by atoms with E-state index in [-0.39, 0.29) is 1.43 Å². The van der Waals surface area contributed by atoms with E-state index in [0.29, 0.717) is 0 Å². The summed E-state index contributed by atoms with van der Waals surface area (Å²) in [5, 5.41) is 3.43. The zero-order valence-electron chi connectivity index (χ0n) is 11.6. The minimum atomic E-state index is 0. The third-order valence-corrected chi connectivity index (χ3v) is 3.41. The Labute approximate surface area is 120 Å². The van der Waals surface area contributed by atoms with Crippen LogP contribution in [0.1, 0.15) is 25.2 Å². The molecule has 0 amide bonds. The number of pyridine rings is 2. The first-order chi connectivity index (χ1) is 9.86. The maximum atomic E-state index is 4.43. The number of imidazole rings is 1. The molecule has 3 aromatic heterocycles. The summed E-state index contributed by atoms with van der Waals surface area (Å²) in [5.74, 6) is 0. The smallest absolute Gasteiger partial charge is 0.136 e. The van der Waals surface area contributed by atoms with Gasteiger partial charge in [0, 0.05) is 33.1 Å². The number of aryl methyl sites for hydroxylation is 1. The lowest BCUT2D eigenvalue weighted by atomic mass is 10.2. The lowest BCUT2D eigenvalue weighted by Crippen LogP contribution is -2.14. The summed E-state index contributed by atoms with van der Waals surface area (Å²) in [7, 11) is 0. The Morgan fingerprint density at radius 2 is 2.10 bits per heavy atom. The van der Waals surface area contributed by atoms with Gasteiger partial charge in [-0.2, -0.15) is 0 Å². The number of hydrogen-bond donors (Lipinski definition) is 1. The Bertz CT molecular complexity index is 694. The fraction of sp³-hybridized carbons (Fsp3) is 0.250. The van der Waals surface area contributed by atoms with Gasteiger partial charge >= 0.3 is 0 Å². The van der Waals surface area contributed by atoms with Crippen molar-refractivity contribution in [2.24, 2.45) is 0 Å². The van der Waals surface area contributed by atoms with Gasteiger partial charge in [0.05, 0.1) is 11.9 Å². The van der Waals surface area contributed by atoms with Gasteiger partial charge in [-0.1, -0.05) is 19.1 Å². The van der Waals surface area contributed by atoms with E-state index in [2.05, 4.69) is 51.0 Å². The molecule has 0 aromatic carbocycles. The normalized spacial score (nSPS) is 11.1. The molecule has 0 saturated carbocycles. The lowest BCUT2D eigenvalue weighted by Gasteiger charge is -2.06. The lowest BCUT2D eigenvalue weighted by molar-refractivity contribution is 0.673. The molecule has 20 heavy (non-hydrogen) atoms. The standard InChI is InChI=1S/C16H18N4.H2/c1-2-13-5-6-16-19-11-15(20(16)12-13)10-18-9-14-4-3-7-17-8-14;/h3-8,11-12,18H,2,9-10H2,1H3;1H. The molecule has 0 saturated heterocycles. The monoisotopic (exact) mass is 268 g/mol. The van der Waals surface area contributed by atoms with Gasteiger partial charge in [-0.3, -0.25) is 4.98 Å². The summed E-state index contributed by atoms with van der Waals surface area (Å²) in [6.07, 6.45) is 8.82. The number of hydrogen-bond acceptors (Lipinski definition) is 3. The fourth-order valence-electron chi connectivity index (χ4n) is 2.25. The number of aromatic nitrogens is 3. The molecule has 0 aliphatic heterocycles. The Kier molecular flexibility index (Phi) is 3.74.